The molecule has 1 aromatic carbocycles. The van der Waals surface area contributed by atoms with Crippen molar-refractivity contribution in [2.75, 3.05) is 39.3 Å². The van der Waals surface area contributed by atoms with Crippen molar-refractivity contribution in [3.63, 3.8) is 0 Å². The molecule has 0 spiro atoms. The molecule has 4 nitrogen and oxygen atoms in total. The highest BCUT2D eigenvalue weighted by molar-refractivity contribution is 5.69. The van der Waals surface area contributed by atoms with Crippen LogP contribution in [0.5, 0.6) is 0 Å². The van der Waals surface area contributed by atoms with E-state index in [1.54, 1.807) is 0 Å². The van der Waals surface area contributed by atoms with Crippen LogP contribution in [0.1, 0.15) is 17.5 Å². The molecule has 1 aromatic rings. The van der Waals surface area contributed by atoms with Gasteiger partial charge in [-0.25, -0.2) is 0 Å². The van der Waals surface area contributed by atoms with Crippen LogP contribution in [0, 0.1) is 6.92 Å². The largest absolute Gasteiger partial charge is 0.464 e. The van der Waals surface area contributed by atoms with E-state index in [0.29, 0.717) is 13.0 Å². The maximum atomic E-state index is 11.7. The second-order valence-electron chi connectivity index (χ2n) is 5.30. The number of ether oxygens (including phenoxy) is 1. The fraction of sp³-hybridized carbons (Fsp3) is 0.562. The number of carbonyl (C=O) groups is 1. The molecule has 0 saturated carbocycles. The number of carbonyl (C=O) groups excluding carboxylic acids is 1. The first-order chi connectivity index (χ1) is 9.74. The van der Waals surface area contributed by atoms with Crippen LogP contribution in [0.4, 0.5) is 0 Å². The summed E-state index contributed by atoms with van der Waals surface area (Å²) < 4.78 is 5.29. The molecule has 20 heavy (non-hydrogen) atoms. The van der Waals surface area contributed by atoms with Crippen LogP contribution in [0.3, 0.4) is 0 Å². The zero-order valence-corrected chi connectivity index (χ0v) is 12.2. The fourth-order valence-electron chi connectivity index (χ4n) is 2.30. The number of nitrogens with one attached hydrogen (secondary N) is 1. The lowest BCUT2D eigenvalue weighted by atomic mass is 10.1. The number of rotatable bonds is 6. The lowest BCUT2D eigenvalue weighted by Gasteiger charge is -2.26. The molecule has 0 unspecified atom stereocenters. The van der Waals surface area contributed by atoms with Crippen LogP contribution in [0.2, 0.25) is 0 Å². The minimum Gasteiger partial charge on any atom is -0.464 e. The van der Waals surface area contributed by atoms with E-state index in [4.69, 9.17) is 4.74 Å². The van der Waals surface area contributed by atoms with Gasteiger partial charge >= 0.3 is 5.97 Å². The van der Waals surface area contributed by atoms with Crippen molar-refractivity contribution in [3.8, 4) is 0 Å². The van der Waals surface area contributed by atoms with Gasteiger partial charge < -0.3 is 10.1 Å². The number of hydrogen-bond acceptors (Lipinski definition) is 4. The molecule has 1 aliphatic heterocycles. The highest BCUT2D eigenvalue weighted by atomic mass is 16.5. The zero-order valence-electron chi connectivity index (χ0n) is 12.2. The van der Waals surface area contributed by atoms with Crippen molar-refractivity contribution in [2.45, 2.75) is 19.8 Å². The van der Waals surface area contributed by atoms with Crippen molar-refractivity contribution in [1.82, 2.24) is 10.2 Å². The number of benzene rings is 1. The van der Waals surface area contributed by atoms with Gasteiger partial charge in [-0.1, -0.05) is 29.8 Å². The third kappa shape index (κ3) is 5.31. The third-order valence-corrected chi connectivity index (χ3v) is 3.62. The predicted octanol–water partition coefficient (Wildman–Crippen LogP) is 1.38. The number of esters is 1. The summed E-state index contributed by atoms with van der Waals surface area (Å²) in [6.45, 7) is 7.56. The van der Waals surface area contributed by atoms with Gasteiger partial charge in [-0.3, -0.25) is 9.69 Å². The molecular weight excluding hydrogens is 252 g/mol. The number of hydrogen-bond donors (Lipinski definition) is 1. The Kier molecular flexibility index (Phi) is 6.02. The van der Waals surface area contributed by atoms with E-state index in [-0.39, 0.29) is 5.97 Å². The summed E-state index contributed by atoms with van der Waals surface area (Å²) in [4.78, 5) is 14.0. The van der Waals surface area contributed by atoms with Gasteiger partial charge in [-0.15, -0.1) is 0 Å². The van der Waals surface area contributed by atoms with Crippen molar-refractivity contribution in [3.05, 3.63) is 35.4 Å². The van der Waals surface area contributed by atoms with Gasteiger partial charge in [0, 0.05) is 39.1 Å². The van der Waals surface area contributed by atoms with Crippen LogP contribution in [-0.2, 0) is 16.0 Å². The molecule has 0 bridgehead atoms. The van der Waals surface area contributed by atoms with Gasteiger partial charge in [0.05, 0.1) is 0 Å². The highest BCUT2D eigenvalue weighted by Crippen LogP contribution is 2.06. The van der Waals surface area contributed by atoms with Gasteiger partial charge in [0.25, 0.3) is 0 Å². The molecule has 1 heterocycles. The van der Waals surface area contributed by atoms with E-state index < -0.39 is 0 Å². The second kappa shape index (κ2) is 8.02. The van der Waals surface area contributed by atoms with E-state index in [0.717, 1.165) is 39.1 Å². The Hall–Kier alpha value is -1.39. The number of aryl methyl sites for hydroxylation is 2. The minimum atomic E-state index is -0.0966. The van der Waals surface area contributed by atoms with Crippen molar-refractivity contribution < 1.29 is 9.53 Å². The second-order valence-corrected chi connectivity index (χ2v) is 5.30. The zero-order chi connectivity index (χ0) is 14.2. The van der Waals surface area contributed by atoms with E-state index in [2.05, 4.69) is 41.4 Å². The van der Waals surface area contributed by atoms with E-state index >= 15 is 0 Å². The summed E-state index contributed by atoms with van der Waals surface area (Å²) >= 11 is 0. The predicted molar refractivity (Wildman–Crippen MR) is 79.8 cm³/mol. The Bertz CT molecular complexity index is 411. The lowest BCUT2D eigenvalue weighted by molar-refractivity contribution is -0.144. The Balaban J connectivity index is 1.59. The maximum Gasteiger partial charge on any atom is 0.306 e. The topological polar surface area (TPSA) is 41.6 Å². The van der Waals surface area contributed by atoms with Crippen LogP contribution >= 0.6 is 0 Å². The summed E-state index contributed by atoms with van der Waals surface area (Å²) in [5.74, 6) is -0.0966. The third-order valence-electron chi connectivity index (χ3n) is 3.62. The van der Waals surface area contributed by atoms with Crippen molar-refractivity contribution in [2.24, 2.45) is 0 Å². The van der Waals surface area contributed by atoms with Crippen LogP contribution < -0.4 is 5.32 Å². The summed E-state index contributed by atoms with van der Waals surface area (Å²) in [7, 11) is 0. The first-order valence-corrected chi connectivity index (χ1v) is 7.38. The molecule has 1 aliphatic rings. The Morgan fingerprint density at radius 3 is 2.65 bits per heavy atom. The van der Waals surface area contributed by atoms with E-state index in [1.165, 1.54) is 11.1 Å². The van der Waals surface area contributed by atoms with Gasteiger partial charge in [0.15, 0.2) is 0 Å². The van der Waals surface area contributed by atoms with Crippen LogP contribution in [-0.4, -0.2) is 50.2 Å². The molecular formula is C16H24N2O2. The Labute approximate surface area is 121 Å². The van der Waals surface area contributed by atoms with Crippen LogP contribution in [0.15, 0.2) is 24.3 Å². The molecule has 0 aliphatic carbocycles. The summed E-state index contributed by atoms with van der Waals surface area (Å²) in [5.41, 5.74) is 2.43. The summed E-state index contributed by atoms with van der Waals surface area (Å²) in [6.07, 6.45) is 1.22. The molecule has 110 valence electrons. The molecule has 1 saturated heterocycles. The molecule has 1 N–H and O–H groups in total. The molecule has 0 atom stereocenters. The number of nitrogens with zero attached hydrogens (tertiary/aromatic N) is 1. The Morgan fingerprint density at radius 2 is 1.95 bits per heavy atom. The maximum absolute atomic E-state index is 11.7. The fourth-order valence-corrected chi connectivity index (χ4v) is 2.30. The summed E-state index contributed by atoms with van der Waals surface area (Å²) in [5, 5.41) is 3.31. The molecule has 0 amide bonds. The average Bonchev–Trinajstić information content (AvgIpc) is 2.48. The highest BCUT2D eigenvalue weighted by Gasteiger charge is 2.10. The van der Waals surface area contributed by atoms with Gasteiger partial charge in [-0.05, 0) is 18.9 Å². The molecule has 0 radical (unpaired) electrons. The smallest absolute Gasteiger partial charge is 0.306 e. The Morgan fingerprint density at radius 1 is 1.25 bits per heavy atom. The minimum absolute atomic E-state index is 0.0966. The monoisotopic (exact) mass is 276 g/mol. The van der Waals surface area contributed by atoms with Crippen molar-refractivity contribution >= 4 is 5.97 Å². The molecule has 1 fully saturated rings. The standard InChI is InChI=1S/C16H24N2O2/c1-14-2-4-15(5-3-14)6-7-16(19)20-13-12-18-10-8-17-9-11-18/h2-5,17H,6-13H2,1H3. The molecule has 4 heteroatoms. The molecule has 0 aromatic heterocycles. The average molecular weight is 276 g/mol. The van der Waals surface area contributed by atoms with E-state index in [1.807, 2.05) is 0 Å². The SMILES string of the molecule is Cc1ccc(CCC(=O)OCCN2CCNCC2)cc1. The first-order valence-electron chi connectivity index (χ1n) is 7.38. The van der Waals surface area contributed by atoms with E-state index in [9.17, 15) is 4.79 Å². The quantitative estimate of drug-likeness (QED) is 0.797. The van der Waals surface area contributed by atoms with Crippen LogP contribution in [0.25, 0.3) is 0 Å². The van der Waals surface area contributed by atoms with Gasteiger partial charge in [0.2, 0.25) is 0 Å². The normalized spacial score (nSPS) is 16.1. The van der Waals surface area contributed by atoms with Gasteiger partial charge in [-0.2, -0.15) is 0 Å². The van der Waals surface area contributed by atoms with Gasteiger partial charge in [0.1, 0.15) is 6.61 Å². The molecule has 2 rings (SSSR count). The first kappa shape index (κ1) is 15.0. The number of piperazine rings is 1. The van der Waals surface area contributed by atoms with Crippen molar-refractivity contribution in [1.29, 1.82) is 0 Å². The summed E-state index contributed by atoms with van der Waals surface area (Å²) in [6, 6.07) is 8.29. The lowest BCUT2D eigenvalue weighted by Crippen LogP contribution is -2.44.